The molecule has 0 aromatic heterocycles. The fourth-order valence-corrected chi connectivity index (χ4v) is 2.56. The Bertz CT molecular complexity index is 400. The molecule has 3 N–H and O–H groups in total. The quantitative estimate of drug-likeness (QED) is 0.610. The lowest BCUT2D eigenvalue weighted by Gasteiger charge is -2.15. The molecule has 0 bridgehead atoms. The van der Waals surface area contributed by atoms with Crippen LogP contribution in [0.15, 0.2) is 24.3 Å². The molecule has 0 radical (unpaired) electrons. The van der Waals surface area contributed by atoms with E-state index < -0.39 is 0 Å². The second-order valence-corrected chi connectivity index (χ2v) is 5.18. The van der Waals surface area contributed by atoms with E-state index in [4.69, 9.17) is 18.0 Å². The third-order valence-corrected chi connectivity index (χ3v) is 3.58. The smallest absolute Gasteiger partial charge is 0.106 e. The maximum atomic E-state index is 5.70. The Labute approximate surface area is 114 Å². The van der Waals surface area contributed by atoms with E-state index in [-0.39, 0.29) is 0 Å². The zero-order chi connectivity index (χ0) is 12.8. The standard InChI is InChI=1S/C14H21N3S/c15-14(18)12-6-1-2-7-13(12)16-8-5-11-17-9-3-4-10-17/h1-2,6-7,16H,3-5,8-11H2,(H2,15,18). The summed E-state index contributed by atoms with van der Waals surface area (Å²) in [5.74, 6) is 0. The number of hydrogen-bond acceptors (Lipinski definition) is 3. The molecular weight excluding hydrogens is 242 g/mol. The molecule has 0 aliphatic carbocycles. The highest BCUT2D eigenvalue weighted by Crippen LogP contribution is 2.15. The SMILES string of the molecule is NC(=S)c1ccccc1NCCCN1CCCC1. The summed E-state index contributed by atoms with van der Waals surface area (Å²) >= 11 is 5.05. The van der Waals surface area contributed by atoms with Gasteiger partial charge < -0.3 is 16.0 Å². The van der Waals surface area contributed by atoms with Crippen LogP contribution in [0.25, 0.3) is 0 Å². The van der Waals surface area contributed by atoms with Gasteiger partial charge in [0.05, 0.1) is 0 Å². The van der Waals surface area contributed by atoms with Crippen molar-refractivity contribution in [2.24, 2.45) is 5.73 Å². The van der Waals surface area contributed by atoms with Gasteiger partial charge in [-0.15, -0.1) is 0 Å². The van der Waals surface area contributed by atoms with Crippen molar-refractivity contribution in [2.75, 3.05) is 31.5 Å². The minimum Gasteiger partial charge on any atom is -0.389 e. The maximum absolute atomic E-state index is 5.70. The minimum absolute atomic E-state index is 0.456. The van der Waals surface area contributed by atoms with Crippen molar-refractivity contribution in [1.29, 1.82) is 0 Å². The van der Waals surface area contributed by atoms with E-state index in [1.54, 1.807) is 0 Å². The highest BCUT2D eigenvalue weighted by Gasteiger charge is 2.10. The van der Waals surface area contributed by atoms with Gasteiger partial charge in [0.25, 0.3) is 0 Å². The van der Waals surface area contributed by atoms with Crippen molar-refractivity contribution in [3.05, 3.63) is 29.8 Å². The van der Waals surface area contributed by atoms with Gasteiger partial charge in [-0.1, -0.05) is 24.4 Å². The molecule has 0 spiro atoms. The van der Waals surface area contributed by atoms with Crippen LogP contribution < -0.4 is 11.1 Å². The molecule has 2 rings (SSSR count). The number of nitrogens with zero attached hydrogens (tertiary/aromatic N) is 1. The Hall–Kier alpha value is -1.13. The first-order valence-corrected chi connectivity index (χ1v) is 7.03. The number of rotatable bonds is 6. The molecule has 1 saturated heterocycles. The Kier molecular flexibility index (Phi) is 4.96. The summed E-state index contributed by atoms with van der Waals surface area (Å²) in [6.07, 6.45) is 3.88. The lowest BCUT2D eigenvalue weighted by molar-refractivity contribution is 0.337. The van der Waals surface area contributed by atoms with Gasteiger partial charge in [-0.2, -0.15) is 0 Å². The Balaban J connectivity index is 1.77. The molecule has 1 heterocycles. The van der Waals surface area contributed by atoms with Gasteiger partial charge in [-0.3, -0.25) is 0 Å². The van der Waals surface area contributed by atoms with E-state index in [9.17, 15) is 0 Å². The number of nitrogens with two attached hydrogens (primary N) is 1. The fourth-order valence-electron chi connectivity index (χ4n) is 2.38. The van der Waals surface area contributed by atoms with Crippen LogP contribution in [0.5, 0.6) is 0 Å². The molecule has 4 heteroatoms. The minimum atomic E-state index is 0.456. The normalized spacial score (nSPS) is 15.8. The van der Waals surface area contributed by atoms with Gasteiger partial charge in [0.15, 0.2) is 0 Å². The van der Waals surface area contributed by atoms with E-state index in [0.717, 1.165) is 24.2 Å². The van der Waals surface area contributed by atoms with Crippen molar-refractivity contribution in [3.8, 4) is 0 Å². The molecule has 0 atom stereocenters. The van der Waals surface area contributed by atoms with Gasteiger partial charge in [0.1, 0.15) is 4.99 Å². The lowest BCUT2D eigenvalue weighted by Crippen LogP contribution is -2.22. The largest absolute Gasteiger partial charge is 0.389 e. The summed E-state index contributed by atoms with van der Waals surface area (Å²) in [5.41, 5.74) is 7.69. The molecule has 1 aliphatic heterocycles. The molecule has 18 heavy (non-hydrogen) atoms. The molecule has 0 amide bonds. The van der Waals surface area contributed by atoms with Gasteiger partial charge in [-0.05, 0) is 51.0 Å². The van der Waals surface area contributed by atoms with Crippen LogP contribution in [0.1, 0.15) is 24.8 Å². The van der Waals surface area contributed by atoms with Crippen LogP contribution in [-0.2, 0) is 0 Å². The van der Waals surface area contributed by atoms with Gasteiger partial charge >= 0.3 is 0 Å². The van der Waals surface area contributed by atoms with E-state index in [2.05, 4.69) is 10.2 Å². The molecule has 98 valence electrons. The zero-order valence-corrected chi connectivity index (χ0v) is 11.5. The van der Waals surface area contributed by atoms with Crippen LogP contribution in [0.4, 0.5) is 5.69 Å². The van der Waals surface area contributed by atoms with Crippen LogP contribution in [0.2, 0.25) is 0 Å². The predicted molar refractivity (Wildman–Crippen MR) is 81.1 cm³/mol. The van der Waals surface area contributed by atoms with Crippen molar-refractivity contribution in [2.45, 2.75) is 19.3 Å². The van der Waals surface area contributed by atoms with Crippen LogP contribution >= 0.6 is 12.2 Å². The molecule has 1 aliphatic rings. The molecule has 1 fully saturated rings. The summed E-state index contributed by atoms with van der Waals surface area (Å²) in [6, 6.07) is 7.96. The molecule has 0 unspecified atom stereocenters. The number of thiocarbonyl (C=S) groups is 1. The summed E-state index contributed by atoms with van der Waals surface area (Å²) in [5, 5.41) is 3.42. The van der Waals surface area contributed by atoms with Crippen molar-refractivity contribution in [1.82, 2.24) is 4.90 Å². The van der Waals surface area contributed by atoms with E-state index in [1.807, 2.05) is 24.3 Å². The summed E-state index contributed by atoms with van der Waals surface area (Å²) in [4.78, 5) is 2.99. The maximum Gasteiger partial charge on any atom is 0.106 e. The van der Waals surface area contributed by atoms with Gasteiger partial charge in [0, 0.05) is 17.8 Å². The van der Waals surface area contributed by atoms with Crippen LogP contribution in [0, 0.1) is 0 Å². The summed E-state index contributed by atoms with van der Waals surface area (Å²) < 4.78 is 0. The van der Waals surface area contributed by atoms with Crippen LogP contribution in [0.3, 0.4) is 0 Å². The second-order valence-electron chi connectivity index (χ2n) is 4.74. The highest BCUT2D eigenvalue weighted by atomic mass is 32.1. The number of anilines is 1. The number of hydrogen-bond donors (Lipinski definition) is 2. The van der Waals surface area contributed by atoms with Gasteiger partial charge in [0.2, 0.25) is 0 Å². The summed E-state index contributed by atoms with van der Waals surface area (Å²) in [7, 11) is 0. The monoisotopic (exact) mass is 263 g/mol. The zero-order valence-electron chi connectivity index (χ0n) is 10.7. The van der Waals surface area contributed by atoms with E-state index >= 15 is 0 Å². The number of likely N-dealkylation sites (tertiary alicyclic amines) is 1. The number of para-hydroxylation sites is 1. The third kappa shape index (κ3) is 3.68. The third-order valence-electron chi connectivity index (χ3n) is 3.36. The van der Waals surface area contributed by atoms with Crippen molar-refractivity contribution >= 4 is 22.9 Å². The summed E-state index contributed by atoms with van der Waals surface area (Å²) in [6.45, 7) is 4.69. The molecule has 1 aromatic rings. The van der Waals surface area contributed by atoms with Crippen molar-refractivity contribution in [3.63, 3.8) is 0 Å². The highest BCUT2D eigenvalue weighted by molar-refractivity contribution is 7.80. The second kappa shape index (κ2) is 6.71. The average molecular weight is 263 g/mol. The first kappa shape index (κ1) is 13.3. The molecular formula is C14H21N3S. The Morgan fingerprint density at radius 1 is 1.28 bits per heavy atom. The fraction of sp³-hybridized carbons (Fsp3) is 0.500. The van der Waals surface area contributed by atoms with E-state index in [1.165, 1.54) is 32.5 Å². The van der Waals surface area contributed by atoms with Crippen LogP contribution in [-0.4, -0.2) is 36.1 Å². The Morgan fingerprint density at radius 3 is 2.72 bits per heavy atom. The lowest BCUT2D eigenvalue weighted by atomic mass is 10.1. The van der Waals surface area contributed by atoms with Crippen molar-refractivity contribution < 1.29 is 0 Å². The first-order valence-electron chi connectivity index (χ1n) is 6.62. The topological polar surface area (TPSA) is 41.3 Å². The van der Waals surface area contributed by atoms with E-state index in [0.29, 0.717) is 4.99 Å². The Morgan fingerprint density at radius 2 is 2.00 bits per heavy atom. The van der Waals surface area contributed by atoms with Gasteiger partial charge in [-0.25, -0.2) is 0 Å². The molecule has 0 saturated carbocycles. The molecule has 3 nitrogen and oxygen atoms in total. The first-order chi connectivity index (χ1) is 8.77. The predicted octanol–water partition coefficient (Wildman–Crippen LogP) is 2.22. The number of nitrogens with one attached hydrogen (secondary N) is 1. The molecule has 1 aromatic carbocycles. The average Bonchev–Trinajstić information content (AvgIpc) is 2.88. The number of benzene rings is 1.